The molecule has 0 saturated carbocycles. The first-order chi connectivity index (χ1) is 22.3. The van der Waals surface area contributed by atoms with Crippen LogP contribution in [0.3, 0.4) is 0 Å². The zero-order valence-corrected chi connectivity index (χ0v) is 24.7. The summed E-state index contributed by atoms with van der Waals surface area (Å²) in [7, 11) is 0. The molecule has 1 aliphatic heterocycles. The molecule has 0 N–H and O–H groups in total. The Kier molecular flexibility index (Phi) is 9.88. The molecule has 0 amide bonds. The first kappa shape index (κ1) is 33.9. The van der Waals surface area contributed by atoms with Gasteiger partial charge in [0.15, 0.2) is 17.5 Å². The van der Waals surface area contributed by atoms with Crippen molar-refractivity contribution in [2.45, 2.75) is 57.7 Å². The molecule has 5 rings (SSSR count). The molecule has 1 heterocycles. The average Bonchev–Trinajstić information content (AvgIpc) is 2.99. The van der Waals surface area contributed by atoms with Gasteiger partial charge in [-0.15, -0.1) is 0 Å². The highest BCUT2D eigenvalue weighted by molar-refractivity contribution is 5.67. The van der Waals surface area contributed by atoms with Gasteiger partial charge in [0.1, 0.15) is 46.5 Å². The second-order valence-corrected chi connectivity index (χ2v) is 11.1. The maximum Gasteiger partial charge on any atom is 0.432 e. The van der Waals surface area contributed by atoms with Crippen molar-refractivity contribution in [3.63, 3.8) is 0 Å². The van der Waals surface area contributed by atoms with E-state index >= 15 is 13.2 Å². The van der Waals surface area contributed by atoms with Crippen molar-refractivity contribution in [1.82, 2.24) is 0 Å². The maximum atomic E-state index is 15.1. The van der Waals surface area contributed by atoms with Crippen molar-refractivity contribution in [3.05, 3.63) is 124 Å². The summed E-state index contributed by atoms with van der Waals surface area (Å²) >= 11 is 0. The van der Waals surface area contributed by atoms with Gasteiger partial charge in [-0.3, -0.25) is 0 Å². The topological polar surface area (TPSA) is 18.5 Å². The number of ether oxygens (including phenoxy) is 2. The lowest BCUT2D eigenvalue weighted by molar-refractivity contribution is -0.189. The standard InChI is InChI=1S/C35H26F10O2/c1-2-3-4-5-18-6-9-31(46-17-18)19-7-8-23(24(36)10-19)20-11-27(39)33(28(40)12-20)35(44,45)47-22-15-25(37)32(26(38)16-22)21-13-29(41)34(43)30(42)14-21/h7-8,10-17,31H,2-6,9H2,1H3. The first-order valence-corrected chi connectivity index (χ1v) is 14.6. The van der Waals surface area contributed by atoms with Crippen LogP contribution in [0, 0.1) is 46.5 Å². The number of hydrogen-bond acceptors (Lipinski definition) is 2. The molecule has 1 aliphatic rings. The Balaban J connectivity index is 1.35. The number of unbranched alkanes of at least 4 members (excludes halogenated alkanes) is 2. The molecule has 0 fully saturated rings. The summed E-state index contributed by atoms with van der Waals surface area (Å²) < 4.78 is 155. The SMILES string of the molecule is CCCCCC1=COC(c2ccc(-c3cc(F)c(C(F)(F)Oc4cc(F)c(-c5cc(F)c(F)c(F)c5)c(F)c4)c(F)c3)c(F)c2)CC1. The summed E-state index contributed by atoms with van der Waals surface area (Å²) in [6.07, 6.45) is 1.89. The van der Waals surface area contributed by atoms with Crippen molar-refractivity contribution in [3.8, 4) is 28.0 Å². The number of benzene rings is 4. The molecular weight excluding hydrogens is 642 g/mol. The molecule has 12 heteroatoms. The molecule has 0 bridgehead atoms. The molecule has 1 atom stereocenters. The predicted molar refractivity (Wildman–Crippen MR) is 153 cm³/mol. The van der Waals surface area contributed by atoms with Crippen molar-refractivity contribution in [2.24, 2.45) is 0 Å². The smallest absolute Gasteiger partial charge is 0.432 e. The van der Waals surface area contributed by atoms with E-state index in [4.69, 9.17) is 4.74 Å². The predicted octanol–water partition coefficient (Wildman–Crippen LogP) is 11.6. The van der Waals surface area contributed by atoms with Crippen molar-refractivity contribution in [2.75, 3.05) is 0 Å². The number of rotatable bonds is 10. The fraction of sp³-hybridized carbons (Fsp3) is 0.257. The summed E-state index contributed by atoms with van der Waals surface area (Å²) in [5.41, 5.74) is -2.89. The summed E-state index contributed by atoms with van der Waals surface area (Å²) in [6.45, 7) is 2.10. The van der Waals surface area contributed by atoms with Crippen LogP contribution in [-0.2, 0) is 10.8 Å². The zero-order valence-electron chi connectivity index (χ0n) is 24.7. The fourth-order valence-electron chi connectivity index (χ4n) is 5.41. The van der Waals surface area contributed by atoms with Crippen LogP contribution in [0.5, 0.6) is 5.75 Å². The van der Waals surface area contributed by atoms with E-state index in [1.807, 2.05) is 0 Å². The monoisotopic (exact) mass is 668 g/mol. The summed E-state index contributed by atoms with van der Waals surface area (Å²) in [4.78, 5) is 0. The van der Waals surface area contributed by atoms with E-state index in [1.54, 1.807) is 6.26 Å². The lowest BCUT2D eigenvalue weighted by Gasteiger charge is -2.24. The molecule has 0 aromatic heterocycles. The average molecular weight is 669 g/mol. The van der Waals surface area contributed by atoms with Crippen LogP contribution < -0.4 is 4.74 Å². The van der Waals surface area contributed by atoms with E-state index in [2.05, 4.69) is 11.7 Å². The van der Waals surface area contributed by atoms with Gasteiger partial charge in [-0.25, -0.2) is 35.1 Å². The molecule has 4 aromatic rings. The Morgan fingerprint density at radius 2 is 1.34 bits per heavy atom. The van der Waals surface area contributed by atoms with Gasteiger partial charge < -0.3 is 9.47 Å². The number of alkyl halides is 2. The highest BCUT2D eigenvalue weighted by Gasteiger charge is 2.42. The van der Waals surface area contributed by atoms with Crippen molar-refractivity contribution < 1.29 is 53.4 Å². The molecule has 0 radical (unpaired) electrons. The molecule has 0 saturated heterocycles. The van der Waals surface area contributed by atoms with Crippen LogP contribution in [-0.4, -0.2) is 0 Å². The zero-order chi connectivity index (χ0) is 34.0. The number of allylic oxidation sites excluding steroid dienone is 1. The Hall–Kier alpha value is -4.48. The summed E-state index contributed by atoms with van der Waals surface area (Å²) in [5.74, 6) is -14.6. The van der Waals surface area contributed by atoms with Gasteiger partial charge in [-0.05, 0) is 78.3 Å². The summed E-state index contributed by atoms with van der Waals surface area (Å²) in [5, 5.41) is 0. The van der Waals surface area contributed by atoms with Crippen LogP contribution in [0.2, 0.25) is 0 Å². The molecule has 0 aliphatic carbocycles. The van der Waals surface area contributed by atoms with Gasteiger partial charge in [0, 0.05) is 17.7 Å². The Labute approximate surface area is 263 Å². The minimum Gasteiger partial charge on any atom is -0.493 e. The lowest BCUT2D eigenvalue weighted by atomic mass is 9.94. The fourth-order valence-corrected chi connectivity index (χ4v) is 5.41. The van der Waals surface area contributed by atoms with E-state index < -0.39 is 86.8 Å². The Bertz CT molecular complexity index is 1770. The number of hydrogen-bond donors (Lipinski definition) is 0. The van der Waals surface area contributed by atoms with Gasteiger partial charge in [0.2, 0.25) is 0 Å². The lowest BCUT2D eigenvalue weighted by Crippen LogP contribution is -2.25. The molecular formula is C35H26F10O2. The molecule has 1 unspecified atom stereocenters. The Morgan fingerprint density at radius 1 is 0.723 bits per heavy atom. The third-order valence-corrected chi connectivity index (χ3v) is 7.77. The Morgan fingerprint density at radius 3 is 1.89 bits per heavy atom. The van der Waals surface area contributed by atoms with Crippen LogP contribution in [0.1, 0.15) is 62.7 Å². The summed E-state index contributed by atoms with van der Waals surface area (Å²) in [6, 6.07) is 5.73. The molecule has 248 valence electrons. The van der Waals surface area contributed by atoms with Crippen LogP contribution in [0.25, 0.3) is 22.3 Å². The van der Waals surface area contributed by atoms with Crippen LogP contribution >= 0.6 is 0 Å². The second-order valence-electron chi connectivity index (χ2n) is 11.1. The maximum absolute atomic E-state index is 15.1. The largest absolute Gasteiger partial charge is 0.493 e. The minimum atomic E-state index is -4.84. The van der Waals surface area contributed by atoms with Gasteiger partial charge >= 0.3 is 6.11 Å². The van der Waals surface area contributed by atoms with E-state index in [9.17, 15) is 30.7 Å². The molecule has 0 spiro atoms. The van der Waals surface area contributed by atoms with Gasteiger partial charge in [-0.2, -0.15) is 8.78 Å². The van der Waals surface area contributed by atoms with Crippen molar-refractivity contribution >= 4 is 0 Å². The van der Waals surface area contributed by atoms with Crippen LogP contribution in [0.15, 0.2) is 66.4 Å². The van der Waals surface area contributed by atoms with E-state index in [0.717, 1.165) is 43.7 Å². The quantitative estimate of drug-likeness (QED) is 0.0951. The molecule has 4 aromatic carbocycles. The van der Waals surface area contributed by atoms with Gasteiger partial charge in [0.05, 0.1) is 11.8 Å². The van der Waals surface area contributed by atoms with E-state index in [-0.39, 0.29) is 29.8 Å². The highest BCUT2D eigenvalue weighted by atomic mass is 19.3. The van der Waals surface area contributed by atoms with E-state index in [1.165, 1.54) is 12.1 Å². The molecule has 47 heavy (non-hydrogen) atoms. The second kappa shape index (κ2) is 13.7. The minimum absolute atomic E-state index is 0.186. The van der Waals surface area contributed by atoms with E-state index in [0.29, 0.717) is 24.1 Å². The normalized spacial score (nSPS) is 15.0. The highest BCUT2D eigenvalue weighted by Crippen LogP contribution is 2.40. The van der Waals surface area contributed by atoms with Crippen molar-refractivity contribution in [1.29, 1.82) is 0 Å². The third-order valence-electron chi connectivity index (χ3n) is 7.77. The van der Waals surface area contributed by atoms with Gasteiger partial charge in [0.25, 0.3) is 0 Å². The number of halogens is 10. The first-order valence-electron chi connectivity index (χ1n) is 14.6. The van der Waals surface area contributed by atoms with Crippen LogP contribution in [0.4, 0.5) is 43.9 Å². The third kappa shape index (κ3) is 7.26. The molecule has 2 nitrogen and oxygen atoms in total. The van der Waals surface area contributed by atoms with Gasteiger partial charge in [-0.1, -0.05) is 31.9 Å².